The first-order valence-electron chi connectivity index (χ1n) is 2.67. The molecule has 0 aromatic carbocycles. The average molecular weight is 165 g/mol. The molecule has 0 rings (SSSR count). The summed E-state index contributed by atoms with van der Waals surface area (Å²) in [5.41, 5.74) is 0. The quantitative estimate of drug-likeness (QED) is 0.264. The van der Waals surface area contributed by atoms with Crippen LogP contribution in [-0.4, -0.2) is 17.6 Å². The zero-order valence-corrected chi connectivity index (χ0v) is 5.63. The summed E-state index contributed by atoms with van der Waals surface area (Å²) in [6.45, 7) is 1.64. The zero-order valence-electron chi connectivity index (χ0n) is 5.63. The van der Waals surface area contributed by atoms with E-state index in [1.54, 1.807) is 0 Å². The van der Waals surface area contributed by atoms with Gasteiger partial charge in [-0.2, -0.15) is 0 Å². The number of hydrogen-bond donors (Lipinski definition) is 0. The van der Waals surface area contributed by atoms with Crippen LogP contribution in [0.3, 0.4) is 0 Å². The predicted molar refractivity (Wildman–Crippen MR) is 31.3 cm³/mol. The van der Waals surface area contributed by atoms with Gasteiger partial charge in [-0.3, -0.25) is 10.1 Å². The Kier molecular flexibility index (Phi) is 3.24. The fourth-order valence-corrected chi connectivity index (χ4v) is 0.215. The summed E-state index contributed by atoms with van der Waals surface area (Å²) in [5, 5.41) is 9.51. The van der Waals surface area contributed by atoms with Crippen LogP contribution in [0.4, 0.5) is 8.78 Å². The van der Waals surface area contributed by atoms with Crippen LogP contribution in [0.5, 0.6) is 0 Å². The third kappa shape index (κ3) is 3.35. The largest absolute Gasteiger partial charge is 0.583 e. The van der Waals surface area contributed by atoms with E-state index in [2.05, 4.69) is 4.74 Å². The van der Waals surface area contributed by atoms with E-state index in [9.17, 15) is 18.9 Å². The Balaban J connectivity index is 4.14. The maximum Gasteiger partial charge on any atom is 0.583 e. The first-order chi connectivity index (χ1) is 5.00. The second kappa shape index (κ2) is 3.71. The smallest absolute Gasteiger partial charge is 0.447 e. The molecule has 0 saturated heterocycles. The van der Waals surface area contributed by atoms with Gasteiger partial charge in [0.2, 0.25) is 0 Å². The third-order valence-corrected chi connectivity index (χ3v) is 0.647. The maximum atomic E-state index is 11.9. The molecule has 0 unspecified atom stereocenters. The maximum absolute atomic E-state index is 11.9. The van der Waals surface area contributed by atoms with Crippen LogP contribution in [0.15, 0.2) is 0 Å². The Hall–Kier alpha value is -1.38. The molecule has 0 aliphatic rings. The standard InChI is InChI=1S/C5H5F2NO3/c1-2-11-4-3-5(6,7)8(9)10/h2H2,1H3. The van der Waals surface area contributed by atoms with E-state index in [0.717, 1.165) is 5.92 Å². The van der Waals surface area contributed by atoms with Gasteiger partial charge in [0.25, 0.3) is 0 Å². The number of rotatable bonds is 2. The molecule has 0 aliphatic heterocycles. The van der Waals surface area contributed by atoms with Crippen molar-refractivity contribution in [1.29, 1.82) is 0 Å². The summed E-state index contributed by atoms with van der Waals surface area (Å²) in [6.07, 6.45) is 1.52. The Morgan fingerprint density at radius 3 is 2.64 bits per heavy atom. The molecule has 0 atom stereocenters. The first-order valence-corrected chi connectivity index (χ1v) is 2.67. The average Bonchev–Trinajstić information content (AvgIpc) is 1.88. The van der Waals surface area contributed by atoms with Crippen LogP contribution in [0.2, 0.25) is 0 Å². The Labute approximate surface area is 61.3 Å². The SMILES string of the molecule is CCOC#CC(F)(F)[N+](=O)[O-]. The van der Waals surface area contributed by atoms with Crippen LogP contribution in [0, 0.1) is 22.1 Å². The molecule has 0 aromatic rings. The second-order valence-corrected chi connectivity index (χ2v) is 1.46. The van der Waals surface area contributed by atoms with Crippen molar-refractivity contribution < 1.29 is 18.4 Å². The van der Waals surface area contributed by atoms with Gasteiger partial charge >= 0.3 is 6.05 Å². The van der Waals surface area contributed by atoms with Gasteiger partial charge in [-0.15, -0.1) is 8.78 Å². The van der Waals surface area contributed by atoms with E-state index >= 15 is 0 Å². The lowest BCUT2D eigenvalue weighted by Crippen LogP contribution is -2.24. The highest BCUT2D eigenvalue weighted by Crippen LogP contribution is 2.11. The summed E-state index contributed by atoms with van der Waals surface area (Å²) in [4.78, 5) is 7.73. The Morgan fingerprint density at radius 2 is 2.27 bits per heavy atom. The van der Waals surface area contributed by atoms with E-state index in [4.69, 9.17) is 0 Å². The molecule has 0 aromatic heterocycles. The lowest BCUT2D eigenvalue weighted by molar-refractivity contribution is -0.622. The summed E-state index contributed by atoms with van der Waals surface area (Å²) in [7, 11) is 0. The van der Waals surface area contributed by atoms with Crippen LogP contribution in [0.25, 0.3) is 0 Å². The molecule has 0 amide bonds. The van der Waals surface area contributed by atoms with Gasteiger partial charge in [0.15, 0.2) is 0 Å². The van der Waals surface area contributed by atoms with E-state index < -0.39 is 11.0 Å². The van der Waals surface area contributed by atoms with E-state index in [0.29, 0.717) is 0 Å². The number of nitrogens with zero attached hydrogens (tertiary/aromatic N) is 1. The molecule has 62 valence electrons. The van der Waals surface area contributed by atoms with Crippen molar-refractivity contribution in [1.82, 2.24) is 0 Å². The van der Waals surface area contributed by atoms with Crippen molar-refractivity contribution in [2.45, 2.75) is 13.0 Å². The Bertz CT molecular complexity index is 206. The molecule has 4 nitrogen and oxygen atoms in total. The van der Waals surface area contributed by atoms with Gasteiger partial charge in [-0.25, -0.2) is 0 Å². The molecule has 0 heterocycles. The van der Waals surface area contributed by atoms with Crippen molar-refractivity contribution in [2.24, 2.45) is 0 Å². The lowest BCUT2D eigenvalue weighted by Gasteiger charge is -1.95. The summed E-state index contributed by atoms with van der Waals surface area (Å²) in [6, 6.07) is -4.21. The number of ether oxygens (including phenoxy) is 1. The van der Waals surface area contributed by atoms with Gasteiger partial charge in [-0.1, -0.05) is 0 Å². The fourth-order valence-electron chi connectivity index (χ4n) is 0.215. The van der Waals surface area contributed by atoms with Gasteiger partial charge in [0, 0.05) is 0 Å². The molecule has 0 radical (unpaired) electrons. The number of hydrogen-bond acceptors (Lipinski definition) is 3. The normalized spacial score (nSPS) is 9.73. The van der Waals surface area contributed by atoms with Crippen molar-refractivity contribution in [3.05, 3.63) is 10.1 Å². The van der Waals surface area contributed by atoms with Crippen molar-refractivity contribution >= 4 is 0 Å². The number of halogens is 2. The monoisotopic (exact) mass is 165 g/mol. The van der Waals surface area contributed by atoms with Crippen LogP contribution >= 0.6 is 0 Å². The van der Waals surface area contributed by atoms with Crippen LogP contribution in [0.1, 0.15) is 6.92 Å². The summed E-state index contributed by atoms with van der Waals surface area (Å²) < 4.78 is 28.0. The zero-order chi connectivity index (χ0) is 8.91. The van der Waals surface area contributed by atoms with Crippen molar-refractivity contribution in [3.63, 3.8) is 0 Å². The lowest BCUT2D eigenvalue weighted by atomic mass is 10.6. The molecule has 0 fully saturated rings. The topological polar surface area (TPSA) is 52.4 Å². The van der Waals surface area contributed by atoms with E-state index in [1.165, 1.54) is 13.0 Å². The predicted octanol–water partition coefficient (Wildman–Crippen LogP) is 0.853. The molecule has 0 spiro atoms. The third-order valence-electron chi connectivity index (χ3n) is 0.647. The Morgan fingerprint density at radius 1 is 1.73 bits per heavy atom. The molecular weight excluding hydrogens is 160 g/mol. The molecular formula is C5H5F2NO3. The van der Waals surface area contributed by atoms with Gasteiger partial charge < -0.3 is 4.74 Å². The molecule has 0 aliphatic carbocycles. The van der Waals surface area contributed by atoms with E-state index in [-0.39, 0.29) is 6.61 Å². The minimum absolute atomic E-state index is 0.112. The summed E-state index contributed by atoms with van der Waals surface area (Å²) in [5.74, 6) is 1.05. The van der Waals surface area contributed by atoms with Crippen molar-refractivity contribution in [3.8, 4) is 12.0 Å². The van der Waals surface area contributed by atoms with Gasteiger partial charge in [0.05, 0.1) is 6.61 Å². The highest BCUT2D eigenvalue weighted by Gasteiger charge is 2.42. The minimum atomic E-state index is -4.21. The number of alkyl halides is 2. The van der Waals surface area contributed by atoms with Gasteiger partial charge in [0.1, 0.15) is 17.0 Å². The second-order valence-electron chi connectivity index (χ2n) is 1.46. The molecule has 0 bridgehead atoms. The first kappa shape index (κ1) is 9.62. The van der Waals surface area contributed by atoms with Crippen LogP contribution < -0.4 is 0 Å². The van der Waals surface area contributed by atoms with Crippen LogP contribution in [-0.2, 0) is 4.74 Å². The molecule has 6 heteroatoms. The fraction of sp³-hybridized carbons (Fsp3) is 0.600. The van der Waals surface area contributed by atoms with E-state index in [1.807, 2.05) is 0 Å². The summed E-state index contributed by atoms with van der Waals surface area (Å²) >= 11 is 0. The number of nitro groups is 1. The highest BCUT2D eigenvalue weighted by atomic mass is 19.3. The van der Waals surface area contributed by atoms with Gasteiger partial charge in [-0.05, 0) is 6.92 Å². The minimum Gasteiger partial charge on any atom is -0.447 e. The van der Waals surface area contributed by atoms with Crippen molar-refractivity contribution in [2.75, 3.05) is 6.61 Å². The highest BCUT2D eigenvalue weighted by molar-refractivity contribution is 4.99. The molecule has 0 N–H and O–H groups in total. The molecule has 11 heavy (non-hydrogen) atoms. The molecule has 0 saturated carbocycles.